The first-order valence-electron chi connectivity index (χ1n) is 13.0. The first kappa shape index (κ1) is 24.9. The number of nitrogens with zero attached hydrogens (tertiary/aromatic N) is 7. The van der Waals surface area contributed by atoms with E-state index >= 15 is 0 Å². The van der Waals surface area contributed by atoms with Gasteiger partial charge >= 0.3 is 0 Å². The number of aliphatic hydroxyl groups is 2. The van der Waals surface area contributed by atoms with Crippen molar-refractivity contribution in [1.29, 1.82) is 0 Å². The number of hydrogen-bond donors (Lipinski definition) is 3. The van der Waals surface area contributed by atoms with Gasteiger partial charge in [0.2, 0.25) is 5.95 Å². The second-order valence-corrected chi connectivity index (χ2v) is 10.4. The zero-order chi connectivity index (χ0) is 25.2. The number of nitrogens with one attached hydrogen (secondary N) is 1. The van der Waals surface area contributed by atoms with Crippen LogP contribution in [0.4, 0.5) is 17.5 Å². The van der Waals surface area contributed by atoms with Crippen molar-refractivity contribution in [3.63, 3.8) is 0 Å². The molecule has 0 bridgehead atoms. The van der Waals surface area contributed by atoms with Crippen molar-refractivity contribution in [1.82, 2.24) is 29.3 Å². The van der Waals surface area contributed by atoms with Gasteiger partial charge in [-0.15, -0.1) is 0 Å². The molecule has 3 aromatic rings. The number of pyridine rings is 1. The topological polar surface area (TPSA) is 106 Å². The van der Waals surface area contributed by atoms with E-state index in [1.54, 1.807) is 0 Å². The second kappa shape index (κ2) is 10.7. The molecule has 4 heterocycles. The normalized spacial score (nSPS) is 19.3. The summed E-state index contributed by atoms with van der Waals surface area (Å²) in [6, 6.07) is 6.39. The number of anilines is 3. The molecular weight excluding hydrogens is 456 g/mol. The zero-order valence-electron chi connectivity index (χ0n) is 21.5. The van der Waals surface area contributed by atoms with Crippen LogP contribution < -0.4 is 10.2 Å². The highest BCUT2D eigenvalue weighted by molar-refractivity contribution is 5.78. The van der Waals surface area contributed by atoms with Crippen molar-refractivity contribution in [2.45, 2.75) is 51.0 Å². The lowest BCUT2D eigenvalue weighted by atomic mass is 10.2. The van der Waals surface area contributed by atoms with Crippen LogP contribution in [0.1, 0.15) is 50.6 Å². The van der Waals surface area contributed by atoms with Gasteiger partial charge in [-0.05, 0) is 52.1 Å². The highest BCUT2D eigenvalue weighted by atomic mass is 16.3. The van der Waals surface area contributed by atoms with Gasteiger partial charge in [-0.1, -0.05) is 12.8 Å². The van der Waals surface area contributed by atoms with Crippen LogP contribution in [0.2, 0.25) is 0 Å². The number of rotatable bonds is 8. The predicted molar refractivity (Wildman–Crippen MR) is 142 cm³/mol. The molecule has 1 unspecified atom stereocenters. The number of hydrogen-bond acceptors (Lipinski definition) is 9. The number of aromatic nitrogens is 4. The Balaban J connectivity index is 1.32. The lowest BCUT2D eigenvalue weighted by molar-refractivity contribution is 0.0319. The molecule has 1 saturated heterocycles. The first-order valence-corrected chi connectivity index (χ1v) is 13.0. The van der Waals surface area contributed by atoms with Gasteiger partial charge in [0, 0.05) is 50.3 Å². The smallest absolute Gasteiger partial charge is 0.230 e. The lowest BCUT2D eigenvalue weighted by Gasteiger charge is -2.36. The van der Waals surface area contributed by atoms with E-state index in [1.807, 2.05) is 50.4 Å². The molecule has 2 fully saturated rings. The van der Waals surface area contributed by atoms with Crippen LogP contribution in [0.25, 0.3) is 11.0 Å². The summed E-state index contributed by atoms with van der Waals surface area (Å²) in [6.07, 6.45) is 7.31. The summed E-state index contributed by atoms with van der Waals surface area (Å²) in [4.78, 5) is 20.4. The maximum absolute atomic E-state index is 10.8. The molecule has 2 aliphatic rings. The molecule has 0 aromatic carbocycles. The van der Waals surface area contributed by atoms with E-state index in [0.29, 0.717) is 17.8 Å². The molecule has 1 saturated carbocycles. The molecule has 1 aliphatic carbocycles. The molecule has 36 heavy (non-hydrogen) atoms. The minimum atomic E-state index is -0.695. The summed E-state index contributed by atoms with van der Waals surface area (Å²) in [5.74, 6) is 1.19. The van der Waals surface area contributed by atoms with Gasteiger partial charge in [-0.2, -0.15) is 4.98 Å². The molecular formula is C26H38N8O2. The van der Waals surface area contributed by atoms with Crippen LogP contribution in [0, 0.1) is 0 Å². The molecule has 3 N–H and O–H groups in total. The van der Waals surface area contributed by atoms with Crippen LogP contribution in [-0.4, -0.2) is 92.5 Å². The Labute approximate surface area is 212 Å². The molecule has 0 amide bonds. The van der Waals surface area contributed by atoms with Crippen LogP contribution in [0.5, 0.6) is 0 Å². The number of fused-ring (bicyclic) bond motifs is 1. The molecule has 3 aromatic heterocycles. The molecule has 5 rings (SSSR count). The fourth-order valence-corrected chi connectivity index (χ4v) is 5.42. The van der Waals surface area contributed by atoms with E-state index in [9.17, 15) is 10.2 Å². The predicted octanol–water partition coefficient (Wildman–Crippen LogP) is 2.74. The molecule has 0 radical (unpaired) electrons. The van der Waals surface area contributed by atoms with Crippen LogP contribution >= 0.6 is 0 Å². The molecule has 10 nitrogen and oxygen atoms in total. The fraction of sp³-hybridized carbons (Fsp3) is 0.577. The van der Waals surface area contributed by atoms with Crippen LogP contribution in [0.3, 0.4) is 0 Å². The summed E-state index contributed by atoms with van der Waals surface area (Å²) in [5, 5.41) is 24.7. The molecule has 2 atom stereocenters. The molecule has 1 aliphatic heterocycles. The highest BCUT2D eigenvalue weighted by Crippen LogP contribution is 2.36. The first-order chi connectivity index (χ1) is 17.4. The van der Waals surface area contributed by atoms with E-state index in [2.05, 4.69) is 35.7 Å². The van der Waals surface area contributed by atoms with Crippen LogP contribution in [-0.2, 0) is 0 Å². The number of aliphatic hydroxyl groups excluding tert-OH is 2. The third-order valence-corrected chi connectivity index (χ3v) is 7.30. The van der Waals surface area contributed by atoms with E-state index in [1.165, 1.54) is 12.8 Å². The van der Waals surface area contributed by atoms with E-state index < -0.39 is 6.23 Å². The van der Waals surface area contributed by atoms with Gasteiger partial charge in [0.05, 0.1) is 23.7 Å². The summed E-state index contributed by atoms with van der Waals surface area (Å²) in [5.41, 5.74) is 2.80. The van der Waals surface area contributed by atoms with Crippen molar-refractivity contribution in [2.24, 2.45) is 0 Å². The van der Waals surface area contributed by atoms with Crippen molar-refractivity contribution >= 4 is 28.5 Å². The number of β-amino-alcohol motifs (C(OH)–C–C–N with tert-alkyl or cyclic N) is 1. The Morgan fingerprint density at radius 3 is 2.44 bits per heavy atom. The van der Waals surface area contributed by atoms with Crippen molar-refractivity contribution in [3.8, 4) is 0 Å². The minimum Gasteiger partial charge on any atom is -0.392 e. The number of piperazine rings is 1. The Hall–Kier alpha value is -2.79. The van der Waals surface area contributed by atoms with Crippen molar-refractivity contribution < 1.29 is 10.2 Å². The van der Waals surface area contributed by atoms with Crippen molar-refractivity contribution in [3.05, 3.63) is 36.3 Å². The minimum absolute atomic E-state index is 0.296. The van der Waals surface area contributed by atoms with E-state index in [0.717, 1.165) is 68.0 Å². The van der Waals surface area contributed by atoms with E-state index in [-0.39, 0.29) is 6.10 Å². The molecule has 0 spiro atoms. The standard InChI is InChI=1S/C26H38N8O2/c1-18(35)17-32-10-12-33(13-11-32)21-8-9-23(27-16-21)29-26-28-15-19-14-22(25(36)31(2)3)34(24(19)30-26)20-6-4-5-7-20/h8-9,14-16,18,20,25,35-36H,4-7,10-13,17H2,1-3H3,(H,27,28,29,30)/t18-,25?/m0/s1. The van der Waals surface area contributed by atoms with E-state index in [4.69, 9.17) is 4.98 Å². The molecule has 194 valence electrons. The quantitative estimate of drug-likeness (QED) is 0.408. The maximum Gasteiger partial charge on any atom is 0.230 e. The highest BCUT2D eigenvalue weighted by Gasteiger charge is 2.26. The average Bonchev–Trinajstić information content (AvgIpc) is 3.52. The van der Waals surface area contributed by atoms with Gasteiger partial charge < -0.3 is 25.0 Å². The largest absolute Gasteiger partial charge is 0.392 e. The Morgan fingerprint density at radius 2 is 1.81 bits per heavy atom. The monoisotopic (exact) mass is 494 g/mol. The van der Waals surface area contributed by atoms with Gasteiger partial charge in [-0.25, -0.2) is 9.97 Å². The lowest BCUT2D eigenvalue weighted by Crippen LogP contribution is -2.48. The van der Waals surface area contributed by atoms with Gasteiger partial charge in [0.1, 0.15) is 17.7 Å². The fourth-order valence-electron chi connectivity index (χ4n) is 5.42. The summed E-state index contributed by atoms with van der Waals surface area (Å²) in [6.45, 7) is 6.26. The second-order valence-electron chi connectivity index (χ2n) is 10.4. The van der Waals surface area contributed by atoms with Crippen molar-refractivity contribution in [2.75, 3.05) is 57.0 Å². The van der Waals surface area contributed by atoms with Gasteiger partial charge in [0.25, 0.3) is 0 Å². The summed E-state index contributed by atoms with van der Waals surface area (Å²) >= 11 is 0. The third kappa shape index (κ3) is 5.31. The Morgan fingerprint density at radius 1 is 1.06 bits per heavy atom. The zero-order valence-corrected chi connectivity index (χ0v) is 21.5. The third-order valence-electron chi connectivity index (χ3n) is 7.30. The summed E-state index contributed by atoms with van der Waals surface area (Å²) in [7, 11) is 3.76. The Kier molecular flexibility index (Phi) is 7.38. The maximum atomic E-state index is 10.8. The van der Waals surface area contributed by atoms with Gasteiger partial charge in [-0.3, -0.25) is 9.80 Å². The Bertz CT molecular complexity index is 1150. The summed E-state index contributed by atoms with van der Waals surface area (Å²) < 4.78 is 2.22. The molecule has 10 heteroatoms. The van der Waals surface area contributed by atoms with Crippen LogP contribution in [0.15, 0.2) is 30.6 Å². The van der Waals surface area contributed by atoms with Gasteiger partial charge in [0.15, 0.2) is 0 Å². The SMILES string of the molecule is C[C@H](O)CN1CCN(c2ccc(Nc3ncc4cc(C(O)N(C)C)n(C5CCCC5)c4n3)nc2)CC1. The average molecular weight is 495 g/mol.